The second-order valence-corrected chi connectivity index (χ2v) is 5.25. The highest BCUT2D eigenvalue weighted by atomic mass is 16.5. The maximum Gasteiger partial charge on any atom is 0.409 e. The Bertz CT molecular complexity index is 656. The minimum atomic E-state index is -0.388. The summed E-state index contributed by atoms with van der Waals surface area (Å²) in [7, 11) is 2.84. The Labute approximate surface area is 140 Å². The summed E-state index contributed by atoms with van der Waals surface area (Å²) in [5.74, 6) is 0.480. The topological polar surface area (TPSA) is 94.9 Å². The lowest BCUT2D eigenvalue weighted by Gasteiger charge is -2.22. The molecule has 8 nitrogen and oxygen atoms in total. The molecule has 8 heteroatoms. The highest BCUT2D eigenvalue weighted by Crippen LogP contribution is 2.25. The van der Waals surface area contributed by atoms with Crippen molar-refractivity contribution in [3.05, 3.63) is 23.8 Å². The molecule has 1 aromatic carbocycles. The molecule has 2 rings (SSSR count). The fourth-order valence-corrected chi connectivity index (χ4v) is 2.50. The number of nitrogens with one attached hydrogen (secondary N) is 1. The Kier molecular flexibility index (Phi) is 5.84. The Balaban J connectivity index is 2.05. The Morgan fingerprint density at radius 1 is 1.17 bits per heavy atom. The van der Waals surface area contributed by atoms with Gasteiger partial charge in [-0.3, -0.25) is 0 Å². The number of amides is 3. The molecule has 1 N–H and O–H groups in total. The van der Waals surface area contributed by atoms with Crippen molar-refractivity contribution in [1.82, 2.24) is 9.80 Å². The van der Waals surface area contributed by atoms with Gasteiger partial charge in [0.15, 0.2) is 0 Å². The smallest absolute Gasteiger partial charge is 0.409 e. The molecule has 0 radical (unpaired) electrons. The number of ether oxygens (including phenoxy) is 2. The Morgan fingerprint density at radius 2 is 1.88 bits per heavy atom. The predicted molar refractivity (Wildman–Crippen MR) is 86.9 cm³/mol. The third kappa shape index (κ3) is 4.07. The van der Waals surface area contributed by atoms with Crippen LogP contribution in [0.15, 0.2) is 18.2 Å². The zero-order valence-corrected chi connectivity index (χ0v) is 13.7. The van der Waals surface area contributed by atoms with Crippen LogP contribution in [0.2, 0.25) is 0 Å². The monoisotopic (exact) mass is 332 g/mol. The number of nitrogens with zero attached hydrogens (tertiary/aromatic N) is 3. The van der Waals surface area contributed by atoms with Crippen LogP contribution in [0.3, 0.4) is 0 Å². The van der Waals surface area contributed by atoms with Crippen LogP contribution in [-0.4, -0.2) is 62.3 Å². The first-order valence-electron chi connectivity index (χ1n) is 7.56. The molecule has 0 saturated carbocycles. The van der Waals surface area contributed by atoms with E-state index in [1.165, 1.54) is 14.2 Å². The van der Waals surface area contributed by atoms with E-state index in [2.05, 4.69) is 5.32 Å². The number of hydrogen-bond acceptors (Lipinski definition) is 5. The fraction of sp³-hybridized carbons (Fsp3) is 0.438. The molecule has 0 aromatic heterocycles. The van der Waals surface area contributed by atoms with E-state index in [0.717, 1.165) is 0 Å². The van der Waals surface area contributed by atoms with Gasteiger partial charge in [-0.2, -0.15) is 5.26 Å². The average Bonchev–Trinajstić information content (AvgIpc) is 2.87. The van der Waals surface area contributed by atoms with Gasteiger partial charge in [0.1, 0.15) is 5.75 Å². The SMILES string of the molecule is COC(=O)N1CCCN(C(=O)Nc2cc(C#N)ccc2OC)CC1. The zero-order chi connectivity index (χ0) is 17.5. The lowest BCUT2D eigenvalue weighted by molar-refractivity contribution is 0.125. The molecular weight excluding hydrogens is 312 g/mol. The van der Waals surface area contributed by atoms with Crippen molar-refractivity contribution < 1.29 is 19.1 Å². The third-order valence-electron chi connectivity index (χ3n) is 3.79. The van der Waals surface area contributed by atoms with E-state index in [-0.39, 0.29) is 12.1 Å². The number of anilines is 1. The molecule has 1 aliphatic rings. The van der Waals surface area contributed by atoms with Crippen LogP contribution >= 0.6 is 0 Å². The summed E-state index contributed by atoms with van der Waals surface area (Å²) in [6, 6.07) is 6.55. The third-order valence-corrected chi connectivity index (χ3v) is 3.79. The molecule has 0 atom stereocenters. The van der Waals surface area contributed by atoms with E-state index < -0.39 is 0 Å². The van der Waals surface area contributed by atoms with Gasteiger partial charge in [-0.1, -0.05) is 0 Å². The van der Waals surface area contributed by atoms with Crippen molar-refractivity contribution in [1.29, 1.82) is 5.26 Å². The van der Waals surface area contributed by atoms with E-state index in [4.69, 9.17) is 14.7 Å². The number of urea groups is 1. The normalized spacial score (nSPS) is 14.4. The van der Waals surface area contributed by atoms with Crippen molar-refractivity contribution in [2.24, 2.45) is 0 Å². The molecule has 1 heterocycles. The molecule has 1 aliphatic heterocycles. The number of carbonyl (C=O) groups is 2. The van der Waals surface area contributed by atoms with Gasteiger partial charge in [0.05, 0.1) is 31.5 Å². The summed E-state index contributed by atoms with van der Waals surface area (Å²) >= 11 is 0. The molecule has 0 spiro atoms. The van der Waals surface area contributed by atoms with Crippen molar-refractivity contribution in [2.75, 3.05) is 45.7 Å². The number of carbonyl (C=O) groups excluding carboxylic acids is 2. The molecule has 24 heavy (non-hydrogen) atoms. The van der Waals surface area contributed by atoms with Crippen LogP contribution in [0.25, 0.3) is 0 Å². The number of methoxy groups -OCH3 is 2. The van der Waals surface area contributed by atoms with E-state index >= 15 is 0 Å². The maximum atomic E-state index is 12.5. The van der Waals surface area contributed by atoms with E-state index in [0.29, 0.717) is 49.6 Å². The second kappa shape index (κ2) is 8.06. The maximum absolute atomic E-state index is 12.5. The number of rotatable bonds is 2. The predicted octanol–water partition coefficient (Wildman–Crippen LogP) is 1.87. The first-order chi connectivity index (χ1) is 11.6. The zero-order valence-electron chi connectivity index (χ0n) is 13.7. The van der Waals surface area contributed by atoms with Crippen LogP contribution in [0.4, 0.5) is 15.3 Å². The summed E-state index contributed by atoms with van der Waals surface area (Å²) in [5.41, 5.74) is 0.870. The average molecular weight is 332 g/mol. The summed E-state index contributed by atoms with van der Waals surface area (Å²) < 4.78 is 9.92. The van der Waals surface area contributed by atoms with E-state index in [1.807, 2.05) is 6.07 Å². The number of hydrogen-bond donors (Lipinski definition) is 1. The van der Waals surface area contributed by atoms with Gasteiger partial charge in [0, 0.05) is 26.2 Å². The molecule has 0 aliphatic carbocycles. The number of benzene rings is 1. The van der Waals surface area contributed by atoms with Crippen LogP contribution < -0.4 is 10.1 Å². The first-order valence-corrected chi connectivity index (χ1v) is 7.56. The molecule has 3 amide bonds. The molecule has 1 saturated heterocycles. The van der Waals surface area contributed by atoms with Gasteiger partial charge < -0.3 is 24.6 Å². The minimum absolute atomic E-state index is 0.296. The Morgan fingerprint density at radius 3 is 2.54 bits per heavy atom. The van der Waals surface area contributed by atoms with Gasteiger partial charge in [-0.15, -0.1) is 0 Å². The largest absolute Gasteiger partial charge is 0.495 e. The van der Waals surface area contributed by atoms with Crippen molar-refractivity contribution in [3.8, 4) is 11.8 Å². The fourth-order valence-electron chi connectivity index (χ4n) is 2.50. The standard InChI is InChI=1S/C16H20N4O4/c1-23-14-5-4-12(11-17)10-13(14)18-15(21)19-6-3-7-20(9-8-19)16(22)24-2/h4-5,10H,3,6-9H2,1-2H3,(H,18,21). The van der Waals surface area contributed by atoms with Crippen molar-refractivity contribution in [3.63, 3.8) is 0 Å². The quantitative estimate of drug-likeness (QED) is 0.892. The molecular formula is C16H20N4O4. The highest BCUT2D eigenvalue weighted by Gasteiger charge is 2.23. The lowest BCUT2D eigenvalue weighted by Crippen LogP contribution is -2.39. The molecule has 128 valence electrons. The summed E-state index contributed by atoms with van der Waals surface area (Å²) in [5, 5.41) is 11.8. The Hall–Kier alpha value is -2.95. The van der Waals surface area contributed by atoms with Gasteiger partial charge in [-0.05, 0) is 24.6 Å². The highest BCUT2D eigenvalue weighted by molar-refractivity contribution is 5.91. The minimum Gasteiger partial charge on any atom is -0.495 e. The summed E-state index contributed by atoms with van der Waals surface area (Å²) in [6.07, 6.45) is 0.276. The van der Waals surface area contributed by atoms with Gasteiger partial charge in [0.2, 0.25) is 0 Å². The van der Waals surface area contributed by atoms with Gasteiger partial charge in [0.25, 0.3) is 0 Å². The molecule has 0 bridgehead atoms. The second-order valence-electron chi connectivity index (χ2n) is 5.25. The van der Waals surface area contributed by atoms with E-state index in [1.54, 1.807) is 28.0 Å². The van der Waals surface area contributed by atoms with E-state index in [9.17, 15) is 9.59 Å². The first kappa shape index (κ1) is 17.4. The molecule has 0 unspecified atom stereocenters. The van der Waals surface area contributed by atoms with Crippen LogP contribution in [0.5, 0.6) is 5.75 Å². The lowest BCUT2D eigenvalue weighted by atomic mass is 10.2. The molecule has 1 fully saturated rings. The van der Waals surface area contributed by atoms with Gasteiger partial charge in [-0.25, -0.2) is 9.59 Å². The van der Waals surface area contributed by atoms with Crippen molar-refractivity contribution in [2.45, 2.75) is 6.42 Å². The summed E-state index contributed by atoms with van der Waals surface area (Å²) in [6.45, 7) is 1.89. The van der Waals surface area contributed by atoms with Crippen molar-refractivity contribution >= 4 is 17.8 Å². The summed E-state index contributed by atoms with van der Waals surface area (Å²) in [4.78, 5) is 27.3. The van der Waals surface area contributed by atoms with Crippen LogP contribution in [-0.2, 0) is 4.74 Å². The van der Waals surface area contributed by atoms with Crippen LogP contribution in [0.1, 0.15) is 12.0 Å². The molecule has 1 aromatic rings. The van der Waals surface area contributed by atoms with Gasteiger partial charge >= 0.3 is 12.1 Å². The van der Waals surface area contributed by atoms with Crippen LogP contribution in [0, 0.1) is 11.3 Å². The number of nitriles is 1.